The average molecular weight is 323 g/mol. The third-order valence-corrected chi connectivity index (χ3v) is 5.53. The van der Waals surface area contributed by atoms with Crippen molar-refractivity contribution in [2.24, 2.45) is 5.92 Å². The molecule has 1 aromatic rings. The summed E-state index contributed by atoms with van der Waals surface area (Å²) in [7, 11) is 1.38. The Labute approximate surface area is 134 Å². The van der Waals surface area contributed by atoms with Gasteiger partial charge in [-0.25, -0.2) is 4.79 Å². The summed E-state index contributed by atoms with van der Waals surface area (Å²) >= 11 is 1.51. The highest BCUT2D eigenvalue weighted by molar-refractivity contribution is 7.17. The fourth-order valence-corrected chi connectivity index (χ4v) is 4.54. The molecule has 0 aromatic carbocycles. The highest BCUT2D eigenvalue weighted by atomic mass is 32.1. The molecule has 0 radical (unpaired) electrons. The first kappa shape index (κ1) is 15.5. The topological polar surface area (TPSA) is 64.6 Å². The third kappa shape index (κ3) is 2.90. The van der Waals surface area contributed by atoms with Crippen LogP contribution in [0.2, 0.25) is 0 Å². The van der Waals surface area contributed by atoms with Crippen molar-refractivity contribution in [3.63, 3.8) is 0 Å². The lowest BCUT2D eigenvalue weighted by molar-refractivity contribution is -0.124. The van der Waals surface area contributed by atoms with Crippen LogP contribution >= 0.6 is 11.3 Å². The zero-order chi connectivity index (χ0) is 15.7. The molecular weight excluding hydrogens is 302 g/mol. The first-order valence-electron chi connectivity index (χ1n) is 7.75. The molecule has 6 heteroatoms. The normalized spacial score (nSPS) is 23.9. The zero-order valence-corrected chi connectivity index (χ0v) is 13.8. The highest BCUT2D eigenvalue weighted by Gasteiger charge is 2.31. The highest BCUT2D eigenvalue weighted by Crippen LogP contribution is 2.40. The van der Waals surface area contributed by atoms with Gasteiger partial charge in [0.05, 0.1) is 12.7 Å². The largest absolute Gasteiger partial charge is 0.465 e. The summed E-state index contributed by atoms with van der Waals surface area (Å²) < 4.78 is 10.3. The molecule has 1 aromatic heterocycles. The number of fused-ring (bicyclic) bond motifs is 1. The predicted molar refractivity (Wildman–Crippen MR) is 84.5 cm³/mol. The van der Waals surface area contributed by atoms with Gasteiger partial charge >= 0.3 is 5.97 Å². The van der Waals surface area contributed by atoms with E-state index >= 15 is 0 Å². The van der Waals surface area contributed by atoms with Crippen molar-refractivity contribution in [3.05, 3.63) is 16.0 Å². The molecule has 0 saturated carbocycles. The summed E-state index contributed by atoms with van der Waals surface area (Å²) in [6.45, 7) is 2.84. The van der Waals surface area contributed by atoms with Crippen molar-refractivity contribution in [1.29, 1.82) is 0 Å². The minimum atomic E-state index is -0.399. The monoisotopic (exact) mass is 323 g/mol. The number of esters is 1. The van der Waals surface area contributed by atoms with Gasteiger partial charge in [0, 0.05) is 11.5 Å². The van der Waals surface area contributed by atoms with Gasteiger partial charge in [-0.2, -0.15) is 0 Å². The van der Waals surface area contributed by atoms with E-state index in [2.05, 4.69) is 12.2 Å². The SMILES string of the molecule is COC(=O)c1c(NC(=O)[C@H]2CCCO2)sc2c1CC[C@H](C)C2. The summed E-state index contributed by atoms with van der Waals surface area (Å²) in [5, 5.41) is 3.51. The molecule has 1 aliphatic heterocycles. The number of thiophene rings is 1. The van der Waals surface area contributed by atoms with Crippen molar-refractivity contribution >= 4 is 28.2 Å². The number of hydrogen-bond acceptors (Lipinski definition) is 5. The van der Waals surface area contributed by atoms with Crippen LogP contribution in [0.5, 0.6) is 0 Å². The number of carbonyl (C=O) groups is 2. The van der Waals surface area contributed by atoms with Crippen LogP contribution in [-0.2, 0) is 27.1 Å². The number of carbonyl (C=O) groups excluding carboxylic acids is 2. The molecule has 2 aliphatic rings. The van der Waals surface area contributed by atoms with Crippen LogP contribution in [0.4, 0.5) is 5.00 Å². The fourth-order valence-electron chi connectivity index (χ4n) is 3.13. The Kier molecular flexibility index (Phi) is 4.49. The predicted octanol–water partition coefficient (Wildman–Crippen LogP) is 2.78. The average Bonchev–Trinajstić information content (AvgIpc) is 3.13. The maximum atomic E-state index is 12.3. The molecule has 1 fully saturated rings. The summed E-state index contributed by atoms with van der Waals surface area (Å²) in [6, 6.07) is 0. The molecule has 0 spiro atoms. The van der Waals surface area contributed by atoms with Gasteiger partial charge in [-0.1, -0.05) is 6.92 Å². The Morgan fingerprint density at radius 1 is 1.36 bits per heavy atom. The molecule has 3 rings (SSSR count). The van der Waals surface area contributed by atoms with Crippen molar-refractivity contribution in [1.82, 2.24) is 0 Å². The fraction of sp³-hybridized carbons (Fsp3) is 0.625. The van der Waals surface area contributed by atoms with Crippen molar-refractivity contribution in [3.8, 4) is 0 Å². The van der Waals surface area contributed by atoms with E-state index in [0.717, 1.165) is 37.7 Å². The summed E-state index contributed by atoms with van der Waals surface area (Å²) in [5.74, 6) is 0.0855. The lowest BCUT2D eigenvalue weighted by atomic mass is 9.88. The summed E-state index contributed by atoms with van der Waals surface area (Å²) in [4.78, 5) is 25.6. The number of methoxy groups -OCH3 is 1. The minimum absolute atomic E-state index is 0.158. The minimum Gasteiger partial charge on any atom is -0.465 e. The maximum absolute atomic E-state index is 12.3. The molecule has 1 aliphatic carbocycles. The Bertz CT molecular complexity index is 589. The second-order valence-electron chi connectivity index (χ2n) is 6.04. The van der Waals surface area contributed by atoms with Crippen molar-refractivity contribution in [2.75, 3.05) is 19.0 Å². The molecule has 2 heterocycles. The van der Waals surface area contributed by atoms with Crippen LogP contribution in [0.15, 0.2) is 0 Å². The Morgan fingerprint density at radius 2 is 2.18 bits per heavy atom. The molecule has 0 bridgehead atoms. The number of hydrogen-bond donors (Lipinski definition) is 1. The van der Waals surface area contributed by atoms with E-state index in [9.17, 15) is 9.59 Å². The number of amides is 1. The summed E-state index contributed by atoms with van der Waals surface area (Å²) in [5.41, 5.74) is 1.60. The van der Waals surface area contributed by atoms with E-state index in [-0.39, 0.29) is 11.9 Å². The van der Waals surface area contributed by atoms with Gasteiger partial charge in [0.1, 0.15) is 11.1 Å². The molecular formula is C16H21NO4S. The van der Waals surface area contributed by atoms with Crippen LogP contribution in [0.25, 0.3) is 0 Å². The second kappa shape index (κ2) is 6.38. The molecule has 22 heavy (non-hydrogen) atoms. The van der Waals surface area contributed by atoms with E-state index in [1.807, 2.05) is 0 Å². The standard InChI is InChI=1S/C16H21NO4S/c1-9-5-6-10-12(8-9)22-15(13(10)16(19)20-2)17-14(18)11-4-3-7-21-11/h9,11H,3-8H2,1-2H3,(H,17,18)/t9-,11+/m0/s1. The van der Waals surface area contributed by atoms with E-state index in [4.69, 9.17) is 9.47 Å². The lowest BCUT2D eigenvalue weighted by Crippen LogP contribution is -2.27. The van der Waals surface area contributed by atoms with Crippen LogP contribution in [0.1, 0.15) is 47.0 Å². The maximum Gasteiger partial charge on any atom is 0.341 e. The van der Waals surface area contributed by atoms with Crippen LogP contribution < -0.4 is 5.32 Å². The molecule has 1 amide bonds. The molecule has 0 unspecified atom stereocenters. The second-order valence-corrected chi connectivity index (χ2v) is 7.14. The molecule has 120 valence electrons. The van der Waals surface area contributed by atoms with Crippen molar-refractivity contribution in [2.45, 2.75) is 45.1 Å². The van der Waals surface area contributed by atoms with E-state index in [1.165, 1.54) is 23.3 Å². The number of ether oxygens (including phenoxy) is 2. The molecule has 1 saturated heterocycles. The summed E-state index contributed by atoms with van der Waals surface area (Å²) in [6.07, 6.45) is 4.13. The van der Waals surface area contributed by atoms with Gasteiger partial charge < -0.3 is 14.8 Å². The molecule has 2 atom stereocenters. The van der Waals surface area contributed by atoms with Crippen LogP contribution in [0, 0.1) is 5.92 Å². The number of anilines is 1. The third-order valence-electron chi connectivity index (χ3n) is 4.36. The Balaban J connectivity index is 1.89. The number of nitrogens with one attached hydrogen (secondary N) is 1. The number of rotatable bonds is 3. The van der Waals surface area contributed by atoms with Crippen LogP contribution in [0.3, 0.4) is 0 Å². The van der Waals surface area contributed by atoms with Crippen LogP contribution in [-0.4, -0.2) is 31.7 Å². The first-order chi connectivity index (χ1) is 10.6. The van der Waals surface area contributed by atoms with Gasteiger partial charge in [-0.15, -0.1) is 11.3 Å². The van der Waals surface area contributed by atoms with Crippen molar-refractivity contribution < 1.29 is 19.1 Å². The Hall–Kier alpha value is -1.40. The molecule has 1 N–H and O–H groups in total. The Morgan fingerprint density at radius 3 is 2.86 bits per heavy atom. The van der Waals surface area contributed by atoms with E-state index in [0.29, 0.717) is 23.1 Å². The smallest absolute Gasteiger partial charge is 0.341 e. The zero-order valence-electron chi connectivity index (χ0n) is 12.9. The molecule has 5 nitrogen and oxygen atoms in total. The van der Waals surface area contributed by atoms with Gasteiger partial charge in [-0.05, 0) is 43.6 Å². The van der Waals surface area contributed by atoms with Gasteiger partial charge in [-0.3, -0.25) is 4.79 Å². The van der Waals surface area contributed by atoms with E-state index < -0.39 is 6.10 Å². The van der Waals surface area contributed by atoms with Gasteiger partial charge in [0.25, 0.3) is 5.91 Å². The van der Waals surface area contributed by atoms with Gasteiger partial charge in [0.15, 0.2) is 0 Å². The first-order valence-corrected chi connectivity index (χ1v) is 8.57. The van der Waals surface area contributed by atoms with E-state index in [1.54, 1.807) is 0 Å². The van der Waals surface area contributed by atoms with Gasteiger partial charge in [0.2, 0.25) is 0 Å². The lowest BCUT2D eigenvalue weighted by Gasteiger charge is -2.18. The quantitative estimate of drug-likeness (QED) is 0.869.